The van der Waals surface area contributed by atoms with Crippen LogP contribution in [0.1, 0.15) is 22.0 Å². The van der Waals surface area contributed by atoms with Crippen LogP contribution in [0.15, 0.2) is 60.8 Å². The molecule has 29 heavy (non-hydrogen) atoms. The Kier molecular flexibility index (Phi) is 5.17. The van der Waals surface area contributed by atoms with E-state index in [0.29, 0.717) is 24.5 Å². The third-order valence-electron chi connectivity index (χ3n) is 5.23. The minimum Gasteiger partial charge on any atom is -0.322 e. The Hall–Kier alpha value is -3.03. The van der Waals surface area contributed by atoms with E-state index in [0.717, 1.165) is 11.1 Å². The Labute approximate surface area is 169 Å². The normalized spacial score (nSPS) is 17.3. The van der Waals surface area contributed by atoms with Crippen LogP contribution in [0.5, 0.6) is 0 Å². The predicted octanol–water partition coefficient (Wildman–Crippen LogP) is 3.16. The summed E-state index contributed by atoms with van der Waals surface area (Å²) in [5.74, 6) is -0.327. The highest BCUT2D eigenvalue weighted by Crippen LogP contribution is 2.31. The fourth-order valence-corrected chi connectivity index (χ4v) is 3.77. The van der Waals surface area contributed by atoms with Crippen molar-refractivity contribution in [1.82, 2.24) is 24.7 Å². The summed E-state index contributed by atoms with van der Waals surface area (Å²) in [7, 11) is 5.72. The SMILES string of the molecule is CN(C)N1CN(C(=O)c2cn(C)nc2-c2ccccc2)CC1c1ccc(F)cc1. The third kappa shape index (κ3) is 3.79. The van der Waals surface area contributed by atoms with Crippen LogP contribution in [0, 0.1) is 5.82 Å². The average molecular weight is 393 g/mol. The number of carbonyl (C=O) groups is 1. The van der Waals surface area contributed by atoms with Crippen molar-refractivity contribution in [3.05, 3.63) is 77.7 Å². The Morgan fingerprint density at radius 2 is 1.79 bits per heavy atom. The van der Waals surface area contributed by atoms with Crippen molar-refractivity contribution >= 4 is 5.91 Å². The maximum Gasteiger partial charge on any atom is 0.258 e. The van der Waals surface area contributed by atoms with Crippen LogP contribution < -0.4 is 0 Å². The second kappa shape index (κ2) is 7.77. The van der Waals surface area contributed by atoms with Gasteiger partial charge >= 0.3 is 0 Å². The summed E-state index contributed by atoms with van der Waals surface area (Å²) < 4.78 is 15.0. The standard InChI is InChI=1S/C22H24FN5O/c1-25(2)28-15-27(14-20(28)16-9-11-18(23)12-10-16)22(29)19-13-26(3)24-21(19)17-7-5-4-6-8-17/h4-13,20H,14-15H2,1-3H3. The second-order valence-corrected chi connectivity index (χ2v) is 7.45. The summed E-state index contributed by atoms with van der Waals surface area (Å²) in [6, 6.07) is 16.2. The van der Waals surface area contributed by atoms with Gasteiger partial charge in [-0.1, -0.05) is 42.5 Å². The Morgan fingerprint density at radius 1 is 1.10 bits per heavy atom. The van der Waals surface area contributed by atoms with Crippen LogP contribution in [0.25, 0.3) is 11.3 Å². The van der Waals surface area contributed by atoms with Crippen molar-refractivity contribution in [2.24, 2.45) is 7.05 Å². The number of carbonyl (C=O) groups excluding carboxylic acids is 1. The number of hydrazine groups is 1. The molecule has 2 aromatic carbocycles. The van der Waals surface area contributed by atoms with Crippen molar-refractivity contribution in [2.75, 3.05) is 27.3 Å². The minimum atomic E-state index is -0.265. The fraction of sp³-hybridized carbons (Fsp3) is 0.273. The first-order chi connectivity index (χ1) is 13.9. The molecule has 1 aliphatic rings. The number of rotatable bonds is 4. The van der Waals surface area contributed by atoms with Crippen molar-refractivity contribution in [3.63, 3.8) is 0 Å². The largest absolute Gasteiger partial charge is 0.322 e. The van der Waals surface area contributed by atoms with Gasteiger partial charge < -0.3 is 4.90 Å². The lowest BCUT2D eigenvalue weighted by atomic mass is 10.1. The number of nitrogens with zero attached hydrogens (tertiary/aromatic N) is 5. The summed E-state index contributed by atoms with van der Waals surface area (Å²) in [5.41, 5.74) is 3.15. The monoisotopic (exact) mass is 393 g/mol. The molecule has 1 saturated heterocycles. The van der Waals surface area contributed by atoms with Gasteiger partial charge in [-0.2, -0.15) is 5.10 Å². The highest BCUT2D eigenvalue weighted by atomic mass is 19.1. The van der Waals surface area contributed by atoms with E-state index in [4.69, 9.17) is 0 Å². The lowest BCUT2D eigenvalue weighted by Gasteiger charge is -2.29. The molecule has 0 bridgehead atoms. The van der Waals surface area contributed by atoms with E-state index in [2.05, 4.69) is 10.1 Å². The van der Waals surface area contributed by atoms with E-state index in [1.807, 2.05) is 61.4 Å². The van der Waals surface area contributed by atoms with E-state index in [1.54, 1.807) is 23.0 Å². The lowest BCUT2D eigenvalue weighted by Crippen LogP contribution is -2.39. The van der Waals surface area contributed by atoms with E-state index >= 15 is 0 Å². The van der Waals surface area contributed by atoms with Gasteiger partial charge in [0.2, 0.25) is 0 Å². The Morgan fingerprint density at radius 3 is 2.45 bits per heavy atom. The summed E-state index contributed by atoms with van der Waals surface area (Å²) in [6.07, 6.45) is 1.77. The molecule has 1 aliphatic heterocycles. The number of aryl methyl sites for hydroxylation is 1. The molecule has 7 heteroatoms. The van der Waals surface area contributed by atoms with Gasteiger partial charge in [0, 0.05) is 39.4 Å². The van der Waals surface area contributed by atoms with Gasteiger partial charge in [0.15, 0.2) is 0 Å². The van der Waals surface area contributed by atoms with Crippen LogP contribution in [0.2, 0.25) is 0 Å². The van der Waals surface area contributed by atoms with Crippen LogP contribution >= 0.6 is 0 Å². The highest BCUT2D eigenvalue weighted by molar-refractivity contribution is 6.00. The topological polar surface area (TPSA) is 44.6 Å². The number of amides is 1. The summed E-state index contributed by atoms with van der Waals surface area (Å²) in [4.78, 5) is 15.2. The van der Waals surface area contributed by atoms with Gasteiger partial charge in [0.1, 0.15) is 11.5 Å². The van der Waals surface area contributed by atoms with Crippen molar-refractivity contribution in [1.29, 1.82) is 0 Å². The van der Waals surface area contributed by atoms with Crippen LogP contribution in [-0.2, 0) is 7.05 Å². The number of benzene rings is 2. The van der Waals surface area contributed by atoms with Gasteiger partial charge in [-0.15, -0.1) is 0 Å². The molecule has 2 heterocycles. The number of halogens is 1. The highest BCUT2D eigenvalue weighted by Gasteiger charge is 2.37. The number of hydrogen-bond acceptors (Lipinski definition) is 4. The maximum atomic E-state index is 13.4. The molecule has 1 aromatic heterocycles. The third-order valence-corrected chi connectivity index (χ3v) is 5.23. The fourth-order valence-electron chi connectivity index (χ4n) is 3.77. The van der Waals surface area contributed by atoms with E-state index in [-0.39, 0.29) is 17.8 Å². The molecule has 6 nitrogen and oxygen atoms in total. The maximum absolute atomic E-state index is 13.4. The zero-order valence-electron chi connectivity index (χ0n) is 16.8. The first kappa shape index (κ1) is 19.3. The van der Waals surface area contributed by atoms with Crippen molar-refractivity contribution in [3.8, 4) is 11.3 Å². The number of hydrogen-bond donors (Lipinski definition) is 0. The van der Waals surface area contributed by atoms with Gasteiger partial charge in [-0.05, 0) is 17.7 Å². The van der Waals surface area contributed by atoms with Crippen molar-refractivity contribution < 1.29 is 9.18 Å². The first-order valence-corrected chi connectivity index (χ1v) is 9.51. The van der Waals surface area contributed by atoms with E-state index in [9.17, 15) is 9.18 Å². The van der Waals surface area contributed by atoms with E-state index in [1.165, 1.54) is 12.1 Å². The summed E-state index contributed by atoms with van der Waals surface area (Å²) in [5, 5.41) is 8.59. The summed E-state index contributed by atoms with van der Waals surface area (Å²) in [6.45, 7) is 0.975. The molecule has 0 radical (unpaired) electrons. The lowest BCUT2D eigenvalue weighted by molar-refractivity contribution is 0.00198. The quantitative estimate of drug-likeness (QED) is 0.683. The molecule has 0 N–H and O–H groups in total. The van der Waals surface area contributed by atoms with Gasteiger partial charge in [-0.3, -0.25) is 9.48 Å². The molecule has 0 spiro atoms. The van der Waals surface area contributed by atoms with Crippen molar-refractivity contribution in [2.45, 2.75) is 6.04 Å². The molecule has 3 aromatic rings. The molecular weight excluding hydrogens is 369 g/mol. The Bertz CT molecular complexity index is 1000. The van der Waals surface area contributed by atoms with Gasteiger partial charge in [0.05, 0.1) is 18.3 Å². The number of aromatic nitrogens is 2. The van der Waals surface area contributed by atoms with Crippen LogP contribution in [0.4, 0.5) is 4.39 Å². The first-order valence-electron chi connectivity index (χ1n) is 9.51. The zero-order valence-corrected chi connectivity index (χ0v) is 16.8. The zero-order chi connectivity index (χ0) is 20.5. The average Bonchev–Trinajstić information content (AvgIpc) is 3.33. The Balaban J connectivity index is 1.64. The smallest absolute Gasteiger partial charge is 0.258 e. The molecule has 150 valence electrons. The molecule has 1 amide bonds. The predicted molar refractivity (Wildman–Crippen MR) is 109 cm³/mol. The second-order valence-electron chi connectivity index (χ2n) is 7.45. The minimum absolute atomic E-state index is 0.0357. The molecule has 1 unspecified atom stereocenters. The van der Waals surface area contributed by atoms with Crippen LogP contribution in [0.3, 0.4) is 0 Å². The van der Waals surface area contributed by atoms with Gasteiger partial charge in [-0.25, -0.2) is 14.4 Å². The van der Waals surface area contributed by atoms with Gasteiger partial charge in [0.25, 0.3) is 5.91 Å². The van der Waals surface area contributed by atoms with Crippen LogP contribution in [-0.4, -0.2) is 57.9 Å². The molecule has 0 aliphatic carbocycles. The molecular formula is C22H24FN5O. The molecule has 0 saturated carbocycles. The molecule has 4 rings (SSSR count). The molecule has 1 atom stereocenters. The van der Waals surface area contributed by atoms with E-state index < -0.39 is 0 Å². The summed E-state index contributed by atoms with van der Waals surface area (Å²) >= 11 is 0. The molecule has 1 fully saturated rings.